The summed E-state index contributed by atoms with van der Waals surface area (Å²) in [5.74, 6) is -0.647. The van der Waals surface area contributed by atoms with Crippen LogP contribution in [0.5, 0.6) is 0 Å². The van der Waals surface area contributed by atoms with E-state index in [1.807, 2.05) is 24.3 Å². The van der Waals surface area contributed by atoms with Gasteiger partial charge in [0.25, 0.3) is 0 Å². The molecule has 20 heavy (non-hydrogen) atoms. The number of hydrogen-bond acceptors (Lipinski definition) is 2. The van der Waals surface area contributed by atoms with Crippen LogP contribution in [0.3, 0.4) is 0 Å². The molecule has 0 aliphatic rings. The maximum Gasteiger partial charge on any atom is 0.335 e. The fraction of sp³-hybridized carbons (Fsp3) is 0.133. The third-order valence-electron chi connectivity index (χ3n) is 2.95. The number of carboxylic acid groups (broad SMARTS) is 1. The fourth-order valence-corrected chi connectivity index (χ4v) is 3.59. The quantitative estimate of drug-likeness (QED) is 0.911. The second-order valence-electron chi connectivity index (χ2n) is 4.36. The number of hydrogen-bond donors (Lipinski definition) is 1. The highest BCUT2D eigenvalue weighted by Crippen LogP contribution is 2.21. The van der Waals surface area contributed by atoms with Gasteiger partial charge in [0.05, 0.1) is 22.1 Å². The largest absolute Gasteiger partial charge is 0.478 e. The minimum atomic E-state index is -1.27. The Morgan fingerprint density at radius 1 is 1.25 bits per heavy atom. The van der Waals surface area contributed by atoms with Crippen molar-refractivity contribution in [3.8, 4) is 0 Å². The molecular formula is C15H13BrO3S. The summed E-state index contributed by atoms with van der Waals surface area (Å²) in [4.78, 5) is 11.6. The van der Waals surface area contributed by atoms with Crippen molar-refractivity contribution in [1.82, 2.24) is 0 Å². The summed E-state index contributed by atoms with van der Waals surface area (Å²) in [7, 11) is -1.27. The van der Waals surface area contributed by atoms with Crippen LogP contribution in [-0.2, 0) is 16.6 Å². The summed E-state index contributed by atoms with van der Waals surface area (Å²) in [6.07, 6.45) is 0. The van der Waals surface area contributed by atoms with E-state index in [-0.39, 0.29) is 5.56 Å². The average Bonchev–Trinajstić information content (AvgIpc) is 2.41. The molecule has 0 heterocycles. The summed E-state index contributed by atoms with van der Waals surface area (Å²) in [6, 6.07) is 12.5. The highest BCUT2D eigenvalue weighted by atomic mass is 79.9. The van der Waals surface area contributed by atoms with Crippen LogP contribution in [-0.4, -0.2) is 15.3 Å². The second-order valence-corrected chi connectivity index (χ2v) is 6.67. The highest BCUT2D eigenvalue weighted by Gasteiger charge is 2.12. The third-order valence-corrected chi connectivity index (χ3v) is 5.07. The zero-order chi connectivity index (χ0) is 14.7. The van der Waals surface area contributed by atoms with Gasteiger partial charge in [-0.1, -0.05) is 40.2 Å². The molecule has 0 aliphatic carbocycles. The summed E-state index contributed by atoms with van der Waals surface area (Å²) in [6.45, 7) is 1.73. The average molecular weight is 353 g/mol. The van der Waals surface area contributed by atoms with Gasteiger partial charge in [0.2, 0.25) is 0 Å². The lowest BCUT2D eigenvalue weighted by atomic mass is 10.1. The zero-order valence-corrected chi connectivity index (χ0v) is 13.2. The van der Waals surface area contributed by atoms with Crippen molar-refractivity contribution in [2.45, 2.75) is 17.6 Å². The van der Waals surface area contributed by atoms with E-state index in [1.54, 1.807) is 19.1 Å². The van der Waals surface area contributed by atoms with Gasteiger partial charge in [-0.25, -0.2) is 4.79 Å². The molecule has 104 valence electrons. The van der Waals surface area contributed by atoms with Crippen LogP contribution in [0.15, 0.2) is 51.8 Å². The van der Waals surface area contributed by atoms with Gasteiger partial charge < -0.3 is 5.11 Å². The van der Waals surface area contributed by atoms with E-state index in [0.717, 1.165) is 10.0 Å². The van der Waals surface area contributed by atoms with Crippen molar-refractivity contribution in [1.29, 1.82) is 0 Å². The lowest BCUT2D eigenvalue weighted by molar-refractivity contribution is 0.0696. The maximum atomic E-state index is 12.3. The van der Waals surface area contributed by atoms with E-state index in [4.69, 9.17) is 5.11 Å². The van der Waals surface area contributed by atoms with Crippen molar-refractivity contribution in [2.24, 2.45) is 0 Å². The van der Waals surface area contributed by atoms with Gasteiger partial charge >= 0.3 is 5.97 Å². The molecule has 2 rings (SSSR count). The van der Waals surface area contributed by atoms with Gasteiger partial charge in [0.15, 0.2) is 0 Å². The number of halogens is 1. The molecule has 0 aliphatic heterocycles. The first-order valence-corrected chi connectivity index (χ1v) is 8.06. The van der Waals surface area contributed by atoms with Gasteiger partial charge in [-0.3, -0.25) is 4.21 Å². The summed E-state index contributed by atoms with van der Waals surface area (Å²) >= 11 is 3.42. The Kier molecular flexibility index (Phi) is 4.73. The van der Waals surface area contributed by atoms with Crippen molar-refractivity contribution >= 4 is 32.7 Å². The van der Waals surface area contributed by atoms with Crippen molar-refractivity contribution < 1.29 is 14.1 Å². The normalized spacial score (nSPS) is 12.1. The number of rotatable bonds is 4. The van der Waals surface area contributed by atoms with Gasteiger partial charge in [-0.05, 0) is 36.2 Å². The molecule has 0 aromatic heterocycles. The van der Waals surface area contributed by atoms with Crippen LogP contribution in [0.2, 0.25) is 0 Å². The molecule has 0 saturated heterocycles. The predicted molar refractivity (Wildman–Crippen MR) is 82.4 cm³/mol. The number of carbonyl (C=O) groups is 1. The molecule has 1 atom stereocenters. The maximum absolute atomic E-state index is 12.3. The van der Waals surface area contributed by atoms with E-state index in [1.165, 1.54) is 6.07 Å². The van der Waals surface area contributed by atoms with Crippen LogP contribution in [0.1, 0.15) is 21.5 Å². The second kappa shape index (κ2) is 6.33. The molecule has 1 N–H and O–H groups in total. The first kappa shape index (κ1) is 14.9. The van der Waals surface area contributed by atoms with Crippen LogP contribution in [0.25, 0.3) is 0 Å². The zero-order valence-electron chi connectivity index (χ0n) is 10.8. The molecule has 5 heteroatoms. The molecule has 0 saturated carbocycles. The summed E-state index contributed by atoms with van der Waals surface area (Å²) in [5, 5.41) is 9.10. The Labute approximate surface area is 128 Å². The minimum Gasteiger partial charge on any atom is -0.478 e. The van der Waals surface area contributed by atoms with Gasteiger partial charge in [0.1, 0.15) is 0 Å². The lowest BCUT2D eigenvalue weighted by Gasteiger charge is -2.07. The SMILES string of the molecule is Cc1ccc(S(=O)Cc2ccccc2Br)cc1C(=O)O. The molecular weight excluding hydrogens is 340 g/mol. The van der Waals surface area contributed by atoms with Gasteiger partial charge in [0, 0.05) is 9.37 Å². The molecule has 0 spiro atoms. The van der Waals surface area contributed by atoms with Crippen LogP contribution in [0, 0.1) is 6.92 Å². The monoisotopic (exact) mass is 352 g/mol. The standard InChI is InChI=1S/C15H13BrO3S/c1-10-6-7-12(8-13(10)15(17)18)20(19)9-11-4-2-3-5-14(11)16/h2-8H,9H2,1H3,(H,17,18). The Morgan fingerprint density at radius 3 is 2.60 bits per heavy atom. The van der Waals surface area contributed by atoms with Crippen molar-refractivity contribution in [2.75, 3.05) is 0 Å². The Balaban J connectivity index is 2.28. The molecule has 2 aromatic carbocycles. The number of carboxylic acids is 1. The van der Waals surface area contributed by atoms with E-state index in [9.17, 15) is 9.00 Å². The fourth-order valence-electron chi connectivity index (χ4n) is 1.81. The molecule has 0 fully saturated rings. The van der Waals surface area contributed by atoms with E-state index < -0.39 is 16.8 Å². The van der Waals surface area contributed by atoms with E-state index in [2.05, 4.69) is 15.9 Å². The van der Waals surface area contributed by atoms with E-state index in [0.29, 0.717) is 16.2 Å². The van der Waals surface area contributed by atoms with Gasteiger partial charge in [-0.2, -0.15) is 0 Å². The number of benzene rings is 2. The third kappa shape index (κ3) is 3.35. The smallest absolute Gasteiger partial charge is 0.335 e. The van der Waals surface area contributed by atoms with Crippen molar-refractivity contribution in [3.05, 3.63) is 63.6 Å². The first-order valence-electron chi connectivity index (χ1n) is 5.95. The van der Waals surface area contributed by atoms with Crippen LogP contribution in [0.4, 0.5) is 0 Å². The Morgan fingerprint density at radius 2 is 1.95 bits per heavy atom. The number of aromatic carboxylic acids is 1. The van der Waals surface area contributed by atoms with Crippen LogP contribution >= 0.6 is 15.9 Å². The molecule has 2 aromatic rings. The molecule has 1 unspecified atom stereocenters. The molecule has 3 nitrogen and oxygen atoms in total. The van der Waals surface area contributed by atoms with Crippen LogP contribution < -0.4 is 0 Å². The lowest BCUT2D eigenvalue weighted by Crippen LogP contribution is -2.03. The first-order chi connectivity index (χ1) is 9.49. The minimum absolute atomic E-state index is 0.197. The predicted octanol–water partition coefficient (Wildman–Crippen LogP) is 3.76. The topological polar surface area (TPSA) is 54.4 Å². The molecule has 0 radical (unpaired) electrons. The molecule has 0 amide bonds. The Hall–Kier alpha value is -1.46. The Bertz CT molecular complexity index is 683. The highest BCUT2D eigenvalue weighted by molar-refractivity contribution is 9.10. The van der Waals surface area contributed by atoms with E-state index >= 15 is 0 Å². The summed E-state index contributed by atoms with van der Waals surface area (Å²) in [5.41, 5.74) is 1.80. The van der Waals surface area contributed by atoms with Gasteiger partial charge in [-0.15, -0.1) is 0 Å². The molecule has 0 bridgehead atoms. The summed E-state index contributed by atoms with van der Waals surface area (Å²) < 4.78 is 13.3. The van der Waals surface area contributed by atoms with Crippen molar-refractivity contribution in [3.63, 3.8) is 0 Å². The number of aryl methyl sites for hydroxylation is 1.